The van der Waals surface area contributed by atoms with Gasteiger partial charge in [-0.05, 0) is 38.8 Å². The second kappa shape index (κ2) is 4.10. The molecule has 16 heavy (non-hydrogen) atoms. The fourth-order valence-corrected chi connectivity index (χ4v) is 3.18. The Morgan fingerprint density at radius 1 is 1.50 bits per heavy atom. The minimum absolute atomic E-state index is 0.734. The lowest BCUT2D eigenvalue weighted by Crippen LogP contribution is -2.30. The molecule has 0 aromatic carbocycles. The summed E-state index contributed by atoms with van der Waals surface area (Å²) in [6.07, 6.45) is 3.67. The zero-order valence-electron chi connectivity index (χ0n) is 9.31. The molecule has 0 saturated carbocycles. The van der Waals surface area contributed by atoms with Crippen molar-refractivity contribution in [1.29, 1.82) is 0 Å². The molecule has 0 amide bonds. The van der Waals surface area contributed by atoms with E-state index in [1.54, 1.807) is 11.3 Å². The predicted octanol–water partition coefficient (Wildman–Crippen LogP) is 1.04. The van der Waals surface area contributed by atoms with E-state index < -0.39 is 0 Å². The topological polar surface area (TPSA) is 55.1 Å². The van der Waals surface area contributed by atoms with Crippen molar-refractivity contribution in [1.82, 2.24) is 25.1 Å². The van der Waals surface area contributed by atoms with Crippen molar-refractivity contribution < 1.29 is 0 Å². The summed E-state index contributed by atoms with van der Waals surface area (Å²) >= 11 is 1.66. The summed E-state index contributed by atoms with van der Waals surface area (Å²) in [5, 5.41) is 17.2. The number of hydrogen-bond acceptors (Lipinski definition) is 5. The van der Waals surface area contributed by atoms with E-state index in [9.17, 15) is 0 Å². The Kier molecular flexibility index (Phi) is 2.61. The highest BCUT2D eigenvalue weighted by Gasteiger charge is 2.16. The van der Waals surface area contributed by atoms with Gasteiger partial charge in [-0.25, -0.2) is 0 Å². The van der Waals surface area contributed by atoms with Crippen molar-refractivity contribution in [2.24, 2.45) is 5.92 Å². The maximum absolute atomic E-state index is 4.55. The number of nitrogens with one attached hydrogen (secondary N) is 1. The zero-order valence-corrected chi connectivity index (χ0v) is 10.1. The van der Waals surface area contributed by atoms with Crippen LogP contribution in [0.15, 0.2) is 0 Å². The number of fused-ring (bicyclic) bond motifs is 1. The Morgan fingerprint density at radius 3 is 3.19 bits per heavy atom. The highest BCUT2D eigenvalue weighted by molar-refractivity contribution is 7.16. The average molecular weight is 237 g/mol. The van der Waals surface area contributed by atoms with Gasteiger partial charge in [0.15, 0.2) is 5.82 Å². The van der Waals surface area contributed by atoms with E-state index in [2.05, 4.69) is 20.6 Å². The van der Waals surface area contributed by atoms with Gasteiger partial charge >= 0.3 is 0 Å². The fourth-order valence-electron chi connectivity index (χ4n) is 2.18. The molecule has 1 fully saturated rings. The molecule has 6 heteroatoms. The monoisotopic (exact) mass is 237 g/mol. The largest absolute Gasteiger partial charge is 0.316 e. The van der Waals surface area contributed by atoms with Gasteiger partial charge < -0.3 is 5.32 Å². The molecule has 86 valence electrons. The Labute approximate surface area is 97.9 Å². The van der Waals surface area contributed by atoms with Crippen LogP contribution in [0.2, 0.25) is 0 Å². The molecule has 0 bridgehead atoms. The smallest absolute Gasteiger partial charge is 0.234 e. The molecule has 2 aromatic rings. The van der Waals surface area contributed by atoms with E-state index in [0.717, 1.165) is 29.7 Å². The van der Waals surface area contributed by atoms with Gasteiger partial charge in [0.05, 0.1) is 0 Å². The maximum atomic E-state index is 4.55. The first-order valence-corrected chi connectivity index (χ1v) is 6.53. The molecule has 0 spiro atoms. The molecule has 3 heterocycles. The second-order valence-corrected chi connectivity index (χ2v) is 5.39. The predicted molar refractivity (Wildman–Crippen MR) is 62.7 cm³/mol. The molecular formula is C10H15N5S. The Bertz CT molecular complexity index is 482. The Morgan fingerprint density at radius 2 is 2.44 bits per heavy atom. The summed E-state index contributed by atoms with van der Waals surface area (Å²) in [5.41, 5.74) is 0. The molecule has 0 aliphatic carbocycles. The van der Waals surface area contributed by atoms with Crippen LogP contribution in [0, 0.1) is 12.8 Å². The third kappa shape index (κ3) is 1.82. The highest BCUT2D eigenvalue weighted by atomic mass is 32.1. The number of aryl methyl sites for hydroxylation is 1. The van der Waals surface area contributed by atoms with Gasteiger partial charge in [-0.2, -0.15) is 9.61 Å². The summed E-state index contributed by atoms with van der Waals surface area (Å²) < 4.78 is 1.84. The Balaban J connectivity index is 1.78. The van der Waals surface area contributed by atoms with Crippen LogP contribution in [0.5, 0.6) is 0 Å². The molecule has 1 saturated heterocycles. The summed E-state index contributed by atoms with van der Waals surface area (Å²) in [6, 6.07) is 0. The second-order valence-electron chi connectivity index (χ2n) is 4.35. The molecular weight excluding hydrogens is 222 g/mol. The van der Waals surface area contributed by atoms with Crippen molar-refractivity contribution in [3.05, 3.63) is 10.8 Å². The first-order valence-electron chi connectivity index (χ1n) is 5.71. The fraction of sp³-hybridized carbons (Fsp3) is 0.700. The third-order valence-electron chi connectivity index (χ3n) is 3.05. The van der Waals surface area contributed by atoms with Gasteiger partial charge in [0.1, 0.15) is 5.01 Å². The lowest BCUT2D eigenvalue weighted by molar-refractivity contribution is 0.375. The summed E-state index contributed by atoms with van der Waals surface area (Å²) in [7, 11) is 0. The van der Waals surface area contributed by atoms with E-state index in [1.165, 1.54) is 24.4 Å². The average Bonchev–Trinajstić information content (AvgIpc) is 2.83. The number of aromatic nitrogens is 4. The van der Waals surface area contributed by atoms with E-state index in [4.69, 9.17) is 0 Å². The van der Waals surface area contributed by atoms with Crippen molar-refractivity contribution in [2.45, 2.75) is 26.2 Å². The number of piperidine rings is 1. The van der Waals surface area contributed by atoms with Crippen LogP contribution in [0.25, 0.3) is 4.96 Å². The van der Waals surface area contributed by atoms with Gasteiger partial charge in [0.2, 0.25) is 4.96 Å². The maximum Gasteiger partial charge on any atom is 0.234 e. The first-order chi connectivity index (χ1) is 7.83. The van der Waals surface area contributed by atoms with Crippen LogP contribution >= 0.6 is 11.3 Å². The molecule has 1 aliphatic rings. The van der Waals surface area contributed by atoms with Gasteiger partial charge in [-0.15, -0.1) is 10.2 Å². The van der Waals surface area contributed by atoms with Gasteiger partial charge in [-0.3, -0.25) is 0 Å². The SMILES string of the molecule is Cc1nnc2sc(CC3CCCNC3)nn12. The third-order valence-corrected chi connectivity index (χ3v) is 3.97. The molecule has 1 unspecified atom stereocenters. The van der Waals surface area contributed by atoms with Crippen LogP contribution in [-0.4, -0.2) is 32.9 Å². The van der Waals surface area contributed by atoms with Crippen LogP contribution < -0.4 is 5.32 Å². The molecule has 1 aliphatic heterocycles. The zero-order chi connectivity index (χ0) is 11.0. The molecule has 1 atom stereocenters. The van der Waals surface area contributed by atoms with Crippen molar-refractivity contribution in [3.63, 3.8) is 0 Å². The molecule has 2 aromatic heterocycles. The van der Waals surface area contributed by atoms with E-state index >= 15 is 0 Å². The molecule has 0 radical (unpaired) electrons. The standard InChI is InChI=1S/C10H15N5S/c1-7-12-13-10-15(7)14-9(16-10)5-8-3-2-4-11-6-8/h8,11H,2-6H2,1H3. The van der Waals surface area contributed by atoms with Gasteiger partial charge in [0, 0.05) is 6.42 Å². The van der Waals surface area contributed by atoms with Crippen LogP contribution in [-0.2, 0) is 6.42 Å². The van der Waals surface area contributed by atoms with Gasteiger partial charge in [0.25, 0.3) is 0 Å². The van der Waals surface area contributed by atoms with Gasteiger partial charge in [-0.1, -0.05) is 11.3 Å². The molecule has 3 rings (SSSR count). The summed E-state index contributed by atoms with van der Waals surface area (Å²) in [5.74, 6) is 1.61. The van der Waals surface area contributed by atoms with Crippen LogP contribution in [0.1, 0.15) is 23.7 Å². The number of hydrogen-bond donors (Lipinski definition) is 1. The lowest BCUT2D eigenvalue weighted by atomic mass is 9.97. The van der Waals surface area contributed by atoms with Crippen LogP contribution in [0.4, 0.5) is 0 Å². The van der Waals surface area contributed by atoms with Crippen molar-refractivity contribution in [3.8, 4) is 0 Å². The number of nitrogens with zero attached hydrogens (tertiary/aromatic N) is 4. The highest BCUT2D eigenvalue weighted by Crippen LogP contribution is 2.20. The summed E-state index contributed by atoms with van der Waals surface area (Å²) in [4.78, 5) is 0.913. The lowest BCUT2D eigenvalue weighted by Gasteiger charge is -2.21. The Hall–Kier alpha value is -1.01. The van der Waals surface area contributed by atoms with E-state index in [1.807, 2.05) is 11.4 Å². The molecule has 5 nitrogen and oxygen atoms in total. The quantitative estimate of drug-likeness (QED) is 0.848. The van der Waals surface area contributed by atoms with Crippen molar-refractivity contribution in [2.75, 3.05) is 13.1 Å². The first kappa shape index (κ1) is 10.2. The summed E-state index contributed by atoms with van der Waals surface area (Å²) in [6.45, 7) is 4.23. The number of rotatable bonds is 2. The minimum atomic E-state index is 0.734. The van der Waals surface area contributed by atoms with Crippen LogP contribution in [0.3, 0.4) is 0 Å². The molecule has 1 N–H and O–H groups in total. The van der Waals surface area contributed by atoms with E-state index in [0.29, 0.717) is 0 Å². The normalized spacial score (nSPS) is 21.7. The van der Waals surface area contributed by atoms with Crippen molar-refractivity contribution >= 4 is 16.3 Å². The van der Waals surface area contributed by atoms with E-state index in [-0.39, 0.29) is 0 Å². The minimum Gasteiger partial charge on any atom is -0.316 e.